The van der Waals surface area contributed by atoms with Gasteiger partial charge in [0.05, 0.1) is 23.4 Å². The number of nitrogens with zero attached hydrogens (tertiary/aromatic N) is 1. The molecule has 0 spiro atoms. The normalized spacial score (nSPS) is 10.9. The summed E-state index contributed by atoms with van der Waals surface area (Å²) in [5.74, 6) is 0.488. The van der Waals surface area contributed by atoms with E-state index in [0.717, 1.165) is 5.69 Å². The van der Waals surface area contributed by atoms with E-state index in [4.69, 9.17) is 9.47 Å². The number of nitrogens with one attached hydrogen (secondary N) is 2. The van der Waals surface area contributed by atoms with Crippen LogP contribution in [0, 0.1) is 0 Å². The maximum atomic E-state index is 12.9. The number of hydrogen-bond acceptors (Lipinski definition) is 6. The van der Waals surface area contributed by atoms with E-state index in [-0.39, 0.29) is 17.1 Å². The first kappa shape index (κ1) is 23.8. The molecule has 8 nitrogen and oxygen atoms in total. The highest BCUT2D eigenvalue weighted by Gasteiger charge is 2.18. The Morgan fingerprint density at radius 1 is 0.914 bits per heavy atom. The zero-order chi connectivity index (χ0) is 24.7. The second-order valence-electron chi connectivity index (χ2n) is 7.43. The third-order valence-electron chi connectivity index (χ3n) is 4.96. The summed E-state index contributed by atoms with van der Waals surface area (Å²) >= 11 is 0. The largest absolute Gasteiger partial charge is 0.495 e. The monoisotopic (exact) mass is 489 g/mol. The summed E-state index contributed by atoms with van der Waals surface area (Å²) in [7, 11) is -2.50. The molecular weight excluding hydrogens is 466 g/mol. The SMILES string of the molecule is COc1ccccc1NS(=O)(=O)c1cccc(C(=O)Nc2cccc(OCc3ccccn3)c2)c1. The fraction of sp³-hybridized carbons (Fsp3) is 0.0769. The van der Waals surface area contributed by atoms with Crippen LogP contribution < -0.4 is 19.5 Å². The van der Waals surface area contributed by atoms with Crippen LogP contribution in [0.25, 0.3) is 0 Å². The van der Waals surface area contributed by atoms with Gasteiger partial charge in [-0.2, -0.15) is 0 Å². The molecule has 0 fully saturated rings. The molecule has 0 atom stereocenters. The quantitative estimate of drug-likeness (QED) is 0.352. The average Bonchev–Trinajstić information content (AvgIpc) is 2.88. The van der Waals surface area contributed by atoms with Gasteiger partial charge in [0.25, 0.3) is 15.9 Å². The van der Waals surface area contributed by atoms with Gasteiger partial charge in [0.15, 0.2) is 0 Å². The van der Waals surface area contributed by atoms with Crippen molar-refractivity contribution >= 4 is 27.3 Å². The molecule has 4 aromatic rings. The van der Waals surface area contributed by atoms with Crippen molar-refractivity contribution in [1.82, 2.24) is 4.98 Å². The van der Waals surface area contributed by atoms with E-state index in [2.05, 4.69) is 15.0 Å². The highest BCUT2D eigenvalue weighted by molar-refractivity contribution is 7.92. The molecule has 178 valence electrons. The van der Waals surface area contributed by atoms with Crippen molar-refractivity contribution in [2.24, 2.45) is 0 Å². The lowest BCUT2D eigenvalue weighted by Gasteiger charge is -2.12. The fourth-order valence-corrected chi connectivity index (χ4v) is 4.36. The van der Waals surface area contributed by atoms with Gasteiger partial charge in [0, 0.05) is 23.5 Å². The number of para-hydroxylation sites is 2. The highest BCUT2D eigenvalue weighted by Crippen LogP contribution is 2.26. The molecular formula is C26H23N3O5S. The van der Waals surface area contributed by atoms with Crippen LogP contribution in [0.1, 0.15) is 16.1 Å². The second-order valence-corrected chi connectivity index (χ2v) is 9.11. The summed E-state index contributed by atoms with van der Waals surface area (Å²) in [4.78, 5) is 17.0. The first-order valence-electron chi connectivity index (χ1n) is 10.6. The zero-order valence-corrected chi connectivity index (χ0v) is 19.7. The van der Waals surface area contributed by atoms with Gasteiger partial charge >= 0.3 is 0 Å². The molecule has 0 radical (unpaired) electrons. The number of methoxy groups -OCH3 is 1. The molecule has 2 N–H and O–H groups in total. The molecule has 0 aliphatic rings. The number of pyridine rings is 1. The van der Waals surface area contributed by atoms with Crippen LogP contribution in [0.15, 0.2) is 102 Å². The number of amides is 1. The van der Waals surface area contributed by atoms with E-state index in [9.17, 15) is 13.2 Å². The smallest absolute Gasteiger partial charge is 0.262 e. The van der Waals surface area contributed by atoms with Gasteiger partial charge in [0.2, 0.25) is 0 Å². The first-order chi connectivity index (χ1) is 16.9. The molecule has 0 unspecified atom stereocenters. The molecule has 0 saturated heterocycles. The van der Waals surface area contributed by atoms with E-state index >= 15 is 0 Å². The summed E-state index contributed by atoms with van der Waals surface area (Å²) in [5, 5.41) is 2.77. The van der Waals surface area contributed by atoms with Crippen LogP contribution in [0.4, 0.5) is 11.4 Å². The summed E-state index contributed by atoms with van der Waals surface area (Å²) in [6.07, 6.45) is 1.69. The number of sulfonamides is 1. The van der Waals surface area contributed by atoms with Crippen LogP contribution >= 0.6 is 0 Å². The van der Waals surface area contributed by atoms with E-state index in [1.807, 2.05) is 18.2 Å². The van der Waals surface area contributed by atoms with E-state index < -0.39 is 15.9 Å². The highest BCUT2D eigenvalue weighted by atomic mass is 32.2. The van der Waals surface area contributed by atoms with Gasteiger partial charge in [-0.25, -0.2) is 8.42 Å². The van der Waals surface area contributed by atoms with Gasteiger partial charge < -0.3 is 14.8 Å². The molecule has 1 amide bonds. The second kappa shape index (κ2) is 10.7. The number of carbonyl (C=O) groups is 1. The Bertz CT molecular complexity index is 1430. The lowest BCUT2D eigenvalue weighted by molar-refractivity contribution is 0.102. The van der Waals surface area contributed by atoms with Crippen LogP contribution in [0.3, 0.4) is 0 Å². The minimum atomic E-state index is -3.95. The van der Waals surface area contributed by atoms with E-state index in [1.54, 1.807) is 60.8 Å². The van der Waals surface area contributed by atoms with Gasteiger partial charge in [0.1, 0.15) is 18.1 Å². The molecule has 0 bridgehead atoms. The van der Waals surface area contributed by atoms with Crippen LogP contribution in [0.5, 0.6) is 11.5 Å². The minimum absolute atomic E-state index is 0.0523. The fourth-order valence-electron chi connectivity index (χ4n) is 3.24. The molecule has 1 aromatic heterocycles. The van der Waals surface area contributed by atoms with Crippen molar-refractivity contribution < 1.29 is 22.7 Å². The molecule has 1 heterocycles. The van der Waals surface area contributed by atoms with E-state index in [1.165, 1.54) is 25.3 Å². The summed E-state index contributed by atoms with van der Waals surface area (Å²) < 4.78 is 39.3. The topological polar surface area (TPSA) is 107 Å². The van der Waals surface area contributed by atoms with Crippen molar-refractivity contribution in [3.05, 3.63) is 108 Å². The molecule has 0 aliphatic heterocycles. The molecule has 4 rings (SSSR count). The maximum Gasteiger partial charge on any atom is 0.262 e. The number of rotatable bonds is 9. The predicted octanol–water partition coefficient (Wildman–Crippen LogP) is 4.72. The number of aromatic nitrogens is 1. The first-order valence-corrected chi connectivity index (χ1v) is 12.1. The molecule has 3 aromatic carbocycles. The van der Waals surface area contributed by atoms with Gasteiger partial charge in [-0.05, 0) is 54.6 Å². The molecule has 35 heavy (non-hydrogen) atoms. The van der Waals surface area contributed by atoms with Crippen molar-refractivity contribution in [1.29, 1.82) is 0 Å². The maximum absolute atomic E-state index is 12.9. The van der Waals surface area contributed by atoms with Gasteiger partial charge in [-0.3, -0.25) is 14.5 Å². The van der Waals surface area contributed by atoms with Crippen LogP contribution in [-0.2, 0) is 16.6 Å². The predicted molar refractivity (Wildman–Crippen MR) is 133 cm³/mol. The number of hydrogen-bond donors (Lipinski definition) is 2. The van der Waals surface area contributed by atoms with Crippen LogP contribution in [-0.4, -0.2) is 26.4 Å². The molecule has 0 aliphatic carbocycles. The van der Waals surface area contributed by atoms with E-state index in [0.29, 0.717) is 22.9 Å². The van der Waals surface area contributed by atoms with Gasteiger partial charge in [-0.15, -0.1) is 0 Å². The van der Waals surface area contributed by atoms with Crippen molar-refractivity contribution in [3.63, 3.8) is 0 Å². The Morgan fingerprint density at radius 3 is 2.51 bits per heavy atom. The Hall–Kier alpha value is -4.37. The Labute approximate surface area is 203 Å². The Balaban J connectivity index is 1.46. The number of ether oxygens (including phenoxy) is 2. The lowest BCUT2D eigenvalue weighted by atomic mass is 10.2. The average molecular weight is 490 g/mol. The third kappa shape index (κ3) is 6.15. The van der Waals surface area contributed by atoms with Crippen molar-refractivity contribution in [3.8, 4) is 11.5 Å². The Kier molecular flexibility index (Phi) is 7.27. The van der Waals surface area contributed by atoms with Crippen LogP contribution in [0.2, 0.25) is 0 Å². The van der Waals surface area contributed by atoms with Gasteiger partial charge in [-0.1, -0.05) is 30.3 Å². The lowest BCUT2D eigenvalue weighted by Crippen LogP contribution is -2.16. The standard InChI is InChI=1S/C26H23N3O5S/c1-33-25-14-3-2-13-24(25)29-35(31,32)23-12-6-8-19(16-23)26(30)28-20-10-7-11-22(17-20)34-18-21-9-4-5-15-27-21/h2-17,29H,18H2,1H3,(H,28,30). The molecule has 9 heteroatoms. The number of anilines is 2. The van der Waals surface area contributed by atoms with Crippen molar-refractivity contribution in [2.75, 3.05) is 17.1 Å². The minimum Gasteiger partial charge on any atom is -0.495 e. The Morgan fingerprint density at radius 2 is 1.71 bits per heavy atom. The van der Waals surface area contributed by atoms with Crippen molar-refractivity contribution in [2.45, 2.75) is 11.5 Å². The summed E-state index contributed by atoms with van der Waals surface area (Å²) in [6, 6.07) is 24.9. The number of benzene rings is 3. The third-order valence-corrected chi connectivity index (χ3v) is 6.33. The number of carbonyl (C=O) groups excluding carboxylic acids is 1. The molecule has 0 saturated carbocycles. The summed E-state index contributed by atoms with van der Waals surface area (Å²) in [6.45, 7) is 0.289. The zero-order valence-electron chi connectivity index (χ0n) is 18.8. The summed E-state index contributed by atoms with van der Waals surface area (Å²) in [5.41, 5.74) is 1.77.